The van der Waals surface area contributed by atoms with E-state index in [0.717, 1.165) is 0 Å². The van der Waals surface area contributed by atoms with Gasteiger partial charge in [-0.05, 0) is 24.6 Å². The van der Waals surface area contributed by atoms with Crippen molar-refractivity contribution < 1.29 is 19.3 Å². The van der Waals surface area contributed by atoms with E-state index in [9.17, 15) is 14.6 Å². The van der Waals surface area contributed by atoms with Gasteiger partial charge in [-0.1, -0.05) is 0 Å². The van der Waals surface area contributed by atoms with Crippen molar-refractivity contribution in [3.63, 3.8) is 0 Å². The maximum atomic E-state index is 11.9. The first-order valence-electron chi connectivity index (χ1n) is 5.01. The van der Waals surface area contributed by atoms with Gasteiger partial charge in [-0.25, -0.2) is 4.39 Å². The fourth-order valence-electron chi connectivity index (χ4n) is 1.32. The molecule has 0 aliphatic carbocycles. The lowest BCUT2D eigenvalue weighted by Gasteiger charge is -2.16. The normalized spacial score (nSPS) is 14.5. The van der Waals surface area contributed by atoms with Crippen molar-refractivity contribution in [2.75, 3.05) is 13.3 Å². The molecular weight excluding hydrogens is 213 g/mol. The van der Waals surface area contributed by atoms with Crippen molar-refractivity contribution in [1.29, 1.82) is 0 Å². The quantitative estimate of drug-likeness (QED) is 0.707. The number of phenols is 1. The van der Waals surface area contributed by atoms with Gasteiger partial charge in [-0.3, -0.25) is 0 Å². The highest BCUT2D eigenvalue weighted by atomic mass is 19.1. The van der Waals surface area contributed by atoms with Gasteiger partial charge in [0.25, 0.3) is 0 Å². The Morgan fingerprint density at radius 1 is 1.44 bits per heavy atom. The minimum absolute atomic E-state index is 0.0499. The van der Waals surface area contributed by atoms with Gasteiger partial charge >= 0.3 is 0 Å². The second-order valence-corrected chi connectivity index (χ2v) is 3.60. The molecule has 5 heteroatoms. The van der Waals surface area contributed by atoms with E-state index in [0.29, 0.717) is 11.3 Å². The molecule has 0 unspecified atom stereocenters. The standard InChI is InChI=1S/C11H16FNO3/c1-7(13)11(15)8-4-9(14)6-10(5-8)16-3-2-12/h4-7,11,14-15H,2-3,13H2,1H3/t7-,11+/m1/s1. The fraction of sp³-hybridized carbons (Fsp3) is 0.455. The van der Waals surface area contributed by atoms with Crippen molar-refractivity contribution in [1.82, 2.24) is 0 Å². The first kappa shape index (κ1) is 12.7. The molecule has 1 aromatic rings. The number of rotatable bonds is 5. The van der Waals surface area contributed by atoms with Crippen molar-refractivity contribution >= 4 is 0 Å². The van der Waals surface area contributed by atoms with Gasteiger partial charge < -0.3 is 20.7 Å². The molecule has 0 spiro atoms. The molecule has 0 saturated carbocycles. The maximum absolute atomic E-state index is 11.9. The summed E-state index contributed by atoms with van der Waals surface area (Å²) >= 11 is 0. The van der Waals surface area contributed by atoms with E-state index in [1.165, 1.54) is 18.2 Å². The van der Waals surface area contributed by atoms with E-state index in [4.69, 9.17) is 10.5 Å². The summed E-state index contributed by atoms with van der Waals surface area (Å²) in [5.74, 6) is 0.262. The van der Waals surface area contributed by atoms with Crippen LogP contribution >= 0.6 is 0 Å². The third-order valence-corrected chi connectivity index (χ3v) is 2.10. The van der Waals surface area contributed by atoms with Gasteiger partial charge in [0, 0.05) is 12.1 Å². The molecule has 2 atom stereocenters. The lowest BCUT2D eigenvalue weighted by Crippen LogP contribution is -2.24. The topological polar surface area (TPSA) is 75.7 Å². The van der Waals surface area contributed by atoms with Gasteiger partial charge in [0.2, 0.25) is 0 Å². The zero-order valence-electron chi connectivity index (χ0n) is 9.06. The summed E-state index contributed by atoms with van der Waals surface area (Å²) in [5.41, 5.74) is 5.98. The molecule has 90 valence electrons. The fourth-order valence-corrected chi connectivity index (χ4v) is 1.32. The Balaban J connectivity index is 2.89. The molecule has 1 rings (SSSR count). The van der Waals surface area contributed by atoms with Crippen molar-refractivity contribution in [2.24, 2.45) is 5.73 Å². The number of ether oxygens (including phenoxy) is 1. The molecule has 0 aliphatic heterocycles. The van der Waals surface area contributed by atoms with Crippen molar-refractivity contribution in [3.8, 4) is 11.5 Å². The highest BCUT2D eigenvalue weighted by Gasteiger charge is 2.14. The lowest BCUT2D eigenvalue weighted by molar-refractivity contribution is 0.152. The summed E-state index contributed by atoms with van der Waals surface area (Å²) in [5, 5.41) is 19.1. The summed E-state index contributed by atoms with van der Waals surface area (Å²) in [6, 6.07) is 3.82. The zero-order chi connectivity index (χ0) is 12.1. The largest absolute Gasteiger partial charge is 0.508 e. The van der Waals surface area contributed by atoms with Gasteiger partial charge in [0.15, 0.2) is 0 Å². The van der Waals surface area contributed by atoms with E-state index in [1.807, 2.05) is 0 Å². The van der Waals surface area contributed by atoms with E-state index in [1.54, 1.807) is 6.92 Å². The molecule has 0 radical (unpaired) electrons. The van der Waals surface area contributed by atoms with E-state index >= 15 is 0 Å². The predicted octanol–water partition coefficient (Wildman–Crippen LogP) is 1.12. The molecule has 0 aliphatic rings. The summed E-state index contributed by atoms with van der Waals surface area (Å²) in [4.78, 5) is 0. The van der Waals surface area contributed by atoms with Crippen LogP contribution in [0.25, 0.3) is 0 Å². The van der Waals surface area contributed by atoms with Crippen molar-refractivity contribution in [2.45, 2.75) is 19.1 Å². The van der Waals surface area contributed by atoms with Gasteiger partial charge in [0.05, 0.1) is 6.10 Å². The number of hydrogen-bond donors (Lipinski definition) is 3. The zero-order valence-corrected chi connectivity index (χ0v) is 9.06. The minimum Gasteiger partial charge on any atom is -0.508 e. The number of aliphatic hydroxyl groups excluding tert-OH is 1. The van der Waals surface area contributed by atoms with Crippen LogP contribution in [0.5, 0.6) is 11.5 Å². The third-order valence-electron chi connectivity index (χ3n) is 2.10. The highest BCUT2D eigenvalue weighted by molar-refractivity contribution is 5.38. The molecule has 0 saturated heterocycles. The number of alkyl halides is 1. The summed E-state index contributed by atoms with van der Waals surface area (Å²) in [7, 11) is 0. The summed E-state index contributed by atoms with van der Waals surface area (Å²) in [6.07, 6.45) is -0.889. The van der Waals surface area contributed by atoms with Crippen LogP contribution in [0.4, 0.5) is 4.39 Å². The van der Waals surface area contributed by atoms with Crippen molar-refractivity contribution in [3.05, 3.63) is 23.8 Å². The summed E-state index contributed by atoms with van der Waals surface area (Å²) < 4.78 is 16.9. The molecular formula is C11H16FNO3. The number of nitrogens with two attached hydrogens (primary N) is 1. The Labute approximate surface area is 93.5 Å². The molecule has 1 aromatic carbocycles. The number of aromatic hydroxyl groups is 1. The van der Waals surface area contributed by atoms with Crippen LogP contribution in [0.1, 0.15) is 18.6 Å². The molecule has 0 aromatic heterocycles. The van der Waals surface area contributed by atoms with E-state index < -0.39 is 18.8 Å². The average Bonchev–Trinajstić information content (AvgIpc) is 2.24. The second kappa shape index (κ2) is 5.67. The van der Waals surface area contributed by atoms with E-state index in [-0.39, 0.29) is 12.4 Å². The second-order valence-electron chi connectivity index (χ2n) is 3.60. The molecule has 16 heavy (non-hydrogen) atoms. The van der Waals surface area contributed by atoms with Crippen LogP contribution in [-0.2, 0) is 0 Å². The monoisotopic (exact) mass is 229 g/mol. The summed E-state index contributed by atoms with van der Waals surface area (Å²) in [6.45, 7) is 0.953. The number of benzene rings is 1. The highest BCUT2D eigenvalue weighted by Crippen LogP contribution is 2.26. The number of aliphatic hydroxyl groups is 1. The smallest absolute Gasteiger partial charge is 0.123 e. The molecule has 0 fully saturated rings. The average molecular weight is 229 g/mol. The van der Waals surface area contributed by atoms with Crippen LogP contribution in [0, 0.1) is 0 Å². The lowest BCUT2D eigenvalue weighted by atomic mass is 10.0. The van der Waals surface area contributed by atoms with Crippen LogP contribution in [0.2, 0.25) is 0 Å². The Hall–Kier alpha value is -1.33. The van der Waals surface area contributed by atoms with Crippen LogP contribution in [0.15, 0.2) is 18.2 Å². The molecule has 0 bridgehead atoms. The number of hydrogen-bond acceptors (Lipinski definition) is 4. The number of phenolic OH excluding ortho intramolecular Hbond substituents is 1. The Bertz CT molecular complexity index is 344. The van der Waals surface area contributed by atoms with Gasteiger partial charge in [0.1, 0.15) is 24.8 Å². The predicted molar refractivity (Wildman–Crippen MR) is 58.2 cm³/mol. The van der Waals surface area contributed by atoms with Crippen LogP contribution in [0.3, 0.4) is 0 Å². The van der Waals surface area contributed by atoms with E-state index in [2.05, 4.69) is 0 Å². The molecule has 0 heterocycles. The van der Waals surface area contributed by atoms with Crippen LogP contribution in [-0.4, -0.2) is 29.5 Å². The third kappa shape index (κ3) is 3.36. The first-order chi connectivity index (χ1) is 7.54. The molecule has 0 amide bonds. The first-order valence-corrected chi connectivity index (χ1v) is 5.01. The molecule has 4 N–H and O–H groups in total. The molecule has 4 nitrogen and oxygen atoms in total. The van der Waals surface area contributed by atoms with Crippen LogP contribution < -0.4 is 10.5 Å². The Morgan fingerprint density at radius 2 is 2.12 bits per heavy atom. The minimum atomic E-state index is -0.889. The maximum Gasteiger partial charge on any atom is 0.123 e. The number of halogens is 1. The Morgan fingerprint density at radius 3 is 2.69 bits per heavy atom. The van der Waals surface area contributed by atoms with Gasteiger partial charge in [-0.15, -0.1) is 0 Å². The van der Waals surface area contributed by atoms with Gasteiger partial charge in [-0.2, -0.15) is 0 Å². The Kier molecular flexibility index (Phi) is 4.52. The SMILES string of the molecule is C[C@@H](N)[C@H](O)c1cc(O)cc(OCCF)c1.